The second-order valence-corrected chi connectivity index (χ2v) is 8.43. The van der Waals surface area contributed by atoms with Crippen LogP contribution in [0.5, 0.6) is 0 Å². The van der Waals surface area contributed by atoms with E-state index in [0.29, 0.717) is 10.7 Å². The molecule has 0 unspecified atom stereocenters. The first-order valence-corrected chi connectivity index (χ1v) is 10.2. The van der Waals surface area contributed by atoms with E-state index in [0.717, 1.165) is 38.9 Å². The van der Waals surface area contributed by atoms with Crippen molar-refractivity contribution in [3.05, 3.63) is 75.7 Å². The van der Waals surface area contributed by atoms with Crippen molar-refractivity contribution in [2.75, 3.05) is 0 Å². The summed E-state index contributed by atoms with van der Waals surface area (Å²) in [4.78, 5) is 7.95. The molecule has 0 fully saturated rings. The van der Waals surface area contributed by atoms with E-state index in [1.807, 2.05) is 28.9 Å². The molecule has 0 saturated carbocycles. The van der Waals surface area contributed by atoms with Gasteiger partial charge in [0.1, 0.15) is 5.65 Å². The molecule has 0 aliphatic rings. The number of nitrogens with zero attached hydrogens (tertiary/aromatic N) is 2. The highest BCUT2D eigenvalue weighted by molar-refractivity contribution is 9.10. The molecule has 0 aliphatic carbocycles. The van der Waals surface area contributed by atoms with E-state index < -0.39 is 0 Å². The minimum absolute atomic E-state index is 0.544. The van der Waals surface area contributed by atoms with Gasteiger partial charge in [0.15, 0.2) is 0 Å². The van der Waals surface area contributed by atoms with Crippen molar-refractivity contribution in [3.63, 3.8) is 0 Å². The smallest absolute Gasteiger partial charge is 0.205 e. The van der Waals surface area contributed by atoms with Gasteiger partial charge in [-0.2, -0.15) is 0 Å². The average molecular weight is 438 g/mol. The summed E-state index contributed by atoms with van der Waals surface area (Å²) in [5.74, 6) is 0.654. The second kappa shape index (κ2) is 7.41. The van der Waals surface area contributed by atoms with Crippen LogP contribution >= 0.6 is 28.1 Å². The first-order chi connectivity index (χ1) is 13.0. The topological polar surface area (TPSA) is 33.1 Å². The first kappa shape index (κ1) is 18.1. The maximum absolute atomic E-state index is 5.44. The van der Waals surface area contributed by atoms with Gasteiger partial charge in [-0.25, -0.2) is 4.98 Å². The maximum Gasteiger partial charge on any atom is 0.205 e. The van der Waals surface area contributed by atoms with Crippen molar-refractivity contribution in [2.24, 2.45) is 5.92 Å². The molecule has 0 amide bonds. The molecule has 136 valence electrons. The first-order valence-electron chi connectivity index (χ1n) is 8.97. The molecule has 2 aromatic heterocycles. The molecule has 0 aliphatic heterocycles. The summed E-state index contributed by atoms with van der Waals surface area (Å²) < 4.78 is 3.53. The van der Waals surface area contributed by atoms with Crippen LogP contribution in [-0.2, 0) is 6.42 Å². The SMILES string of the molecule is CC(C)Cc1ccc(-c2cn3c(=S)ncc(-c4cccc(Br)c4)c3[nH]2)cc1. The Kier molecular flexibility index (Phi) is 4.98. The Balaban J connectivity index is 1.81. The molecule has 2 heterocycles. The summed E-state index contributed by atoms with van der Waals surface area (Å²) in [6.07, 6.45) is 4.96. The molecule has 2 aromatic carbocycles. The molecule has 0 spiro atoms. The van der Waals surface area contributed by atoms with Crippen molar-refractivity contribution < 1.29 is 0 Å². The molecule has 27 heavy (non-hydrogen) atoms. The molecular weight excluding hydrogens is 418 g/mol. The maximum atomic E-state index is 5.44. The number of rotatable bonds is 4. The molecule has 0 atom stereocenters. The normalized spacial score (nSPS) is 11.4. The molecular formula is C22H20BrN3S. The lowest BCUT2D eigenvalue weighted by Gasteiger charge is -2.05. The predicted octanol–water partition coefficient (Wildman–Crippen LogP) is 6.69. The number of halogens is 1. The van der Waals surface area contributed by atoms with Crippen LogP contribution in [0.4, 0.5) is 0 Å². The van der Waals surface area contributed by atoms with Gasteiger partial charge in [0.2, 0.25) is 4.77 Å². The summed E-state index contributed by atoms with van der Waals surface area (Å²) in [7, 11) is 0. The van der Waals surface area contributed by atoms with Crippen molar-refractivity contribution >= 4 is 33.8 Å². The number of H-pyrrole nitrogens is 1. The van der Waals surface area contributed by atoms with Gasteiger partial charge in [-0.1, -0.05) is 66.2 Å². The largest absolute Gasteiger partial charge is 0.339 e. The molecule has 4 aromatic rings. The highest BCUT2D eigenvalue weighted by Crippen LogP contribution is 2.28. The molecule has 5 heteroatoms. The second-order valence-electron chi connectivity index (χ2n) is 7.15. The number of aromatic amines is 1. The number of hydrogen-bond donors (Lipinski definition) is 1. The van der Waals surface area contributed by atoms with Crippen LogP contribution in [0.3, 0.4) is 0 Å². The fraction of sp³-hybridized carbons (Fsp3) is 0.182. The highest BCUT2D eigenvalue weighted by Gasteiger charge is 2.11. The predicted molar refractivity (Wildman–Crippen MR) is 117 cm³/mol. The lowest BCUT2D eigenvalue weighted by atomic mass is 10.0. The lowest BCUT2D eigenvalue weighted by Crippen LogP contribution is -1.93. The summed E-state index contributed by atoms with van der Waals surface area (Å²) in [6.45, 7) is 4.48. The minimum atomic E-state index is 0.544. The summed E-state index contributed by atoms with van der Waals surface area (Å²) >= 11 is 8.99. The number of hydrogen-bond acceptors (Lipinski definition) is 2. The Bertz CT molecular complexity index is 1160. The standard InChI is InChI=1S/C22H20BrN3S/c1-14(2)10-15-6-8-16(9-7-15)20-13-26-21(25-20)19(12-24-22(26)27)17-4-3-5-18(23)11-17/h3-9,11-14,25H,10H2,1-2H3. The zero-order valence-electron chi connectivity index (χ0n) is 15.2. The van der Waals surface area contributed by atoms with Gasteiger partial charge < -0.3 is 4.98 Å². The molecule has 0 bridgehead atoms. The fourth-order valence-corrected chi connectivity index (χ4v) is 3.91. The summed E-state index contributed by atoms with van der Waals surface area (Å²) in [5.41, 5.74) is 6.59. The van der Waals surface area contributed by atoms with Gasteiger partial charge in [0, 0.05) is 22.4 Å². The average Bonchev–Trinajstić information content (AvgIpc) is 3.08. The van der Waals surface area contributed by atoms with Gasteiger partial charge in [-0.3, -0.25) is 4.40 Å². The fourth-order valence-electron chi connectivity index (χ4n) is 3.31. The zero-order valence-corrected chi connectivity index (χ0v) is 17.6. The van der Waals surface area contributed by atoms with Crippen LogP contribution in [0.2, 0.25) is 0 Å². The number of benzene rings is 2. The molecule has 1 N–H and O–H groups in total. The van der Waals surface area contributed by atoms with Crippen molar-refractivity contribution in [1.29, 1.82) is 0 Å². The van der Waals surface area contributed by atoms with E-state index in [1.165, 1.54) is 5.56 Å². The Labute approximate surface area is 172 Å². The monoisotopic (exact) mass is 437 g/mol. The molecule has 4 rings (SSSR count). The lowest BCUT2D eigenvalue weighted by molar-refractivity contribution is 0.647. The Morgan fingerprint density at radius 3 is 2.59 bits per heavy atom. The van der Waals surface area contributed by atoms with Crippen molar-refractivity contribution in [2.45, 2.75) is 20.3 Å². The van der Waals surface area contributed by atoms with Crippen LogP contribution in [0.15, 0.2) is 65.4 Å². The molecule has 0 saturated heterocycles. The third-order valence-corrected chi connectivity index (χ3v) is 5.36. The number of fused-ring (bicyclic) bond motifs is 1. The molecule has 3 nitrogen and oxygen atoms in total. The van der Waals surface area contributed by atoms with E-state index in [1.54, 1.807) is 0 Å². The number of nitrogens with one attached hydrogen (secondary N) is 1. The van der Waals surface area contributed by atoms with Gasteiger partial charge in [0.25, 0.3) is 0 Å². The van der Waals surface area contributed by atoms with Crippen molar-refractivity contribution in [1.82, 2.24) is 14.4 Å². The number of imidazole rings is 1. The third-order valence-electron chi connectivity index (χ3n) is 4.56. The van der Waals surface area contributed by atoms with Gasteiger partial charge in [-0.15, -0.1) is 0 Å². The minimum Gasteiger partial charge on any atom is -0.339 e. The third kappa shape index (κ3) is 3.75. The van der Waals surface area contributed by atoms with Crippen LogP contribution < -0.4 is 0 Å². The number of aromatic nitrogens is 3. The van der Waals surface area contributed by atoms with E-state index in [4.69, 9.17) is 12.2 Å². The zero-order chi connectivity index (χ0) is 19.0. The van der Waals surface area contributed by atoms with E-state index in [-0.39, 0.29) is 0 Å². The van der Waals surface area contributed by atoms with Crippen LogP contribution in [-0.4, -0.2) is 14.4 Å². The Morgan fingerprint density at radius 1 is 1.11 bits per heavy atom. The Morgan fingerprint density at radius 2 is 1.89 bits per heavy atom. The van der Waals surface area contributed by atoms with Crippen molar-refractivity contribution in [3.8, 4) is 22.4 Å². The quantitative estimate of drug-likeness (QED) is 0.360. The van der Waals surface area contributed by atoms with Crippen LogP contribution in [0.1, 0.15) is 19.4 Å². The van der Waals surface area contributed by atoms with Crippen LogP contribution in [0.25, 0.3) is 28.0 Å². The van der Waals surface area contributed by atoms with Gasteiger partial charge >= 0.3 is 0 Å². The highest BCUT2D eigenvalue weighted by atomic mass is 79.9. The van der Waals surface area contributed by atoms with Crippen LogP contribution in [0, 0.1) is 10.7 Å². The van der Waals surface area contributed by atoms with E-state index in [9.17, 15) is 0 Å². The Hall–Kier alpha value is -2.24. The summed E-state index contributed by atoms with van der Waals surface area (Å²) in [6, 6.07) is 16.9. The van der Waals surface area contributed by atoms with E-state index >= 15 is 0 Å². The van der Waals surface area contributed by atoms with E-state index in [2.05, 4.69) is 76.1 Å². The summed E-state index contributed by atoms with van der Waals surface area (Å²) in [5, 5.41) is 0. The van der Waals surface area contributed by atoms with Gasteiger partial charge in [-0.05, 0) is 53.4 Å². The molecule has 0 radical (unpaired) electrons. The van der Waals surface area contributed by atoms with Gasteiger partial charge in [0.05, 0.1) is 5.69 Å².